The number of aryl methyl sites for hydroxylation is 1. The van der Waals surface area contributed by atoms with Crippen LogP contribution in [0.4, 0.5) is 11.6 Å². The first-order valence-corrected chi connectivity index (χ1v) is 8.53. The largest absolute Gasteiger partial charge is 0.362 e. The summed E-state index contributed by atoms with van der Waals surface area (Å²) < 4.78 is 0. The van der Waals surface area contributed by atoms with E-state index in [1.54, 1.807) is 6.20 Å². The number of aromatic nitrogens is 3. The van der Waals surface area contributed by atoms with Crippen molar-refractivity contribution in [3.8, 4) is 0 Å². The molecular weight excluding hydrogens is 316 g/mol. The zero-order valence-corrected chi connectivity index (χ0v) is 15.0. The fourth-order valence-electron chi connectivity index (χ4n) is 3.00. The molecule has 0 atom stereocenters. The number of carbonyl (C=O) groups excluding carboxylic acids is 1. The molecule has 3 heterocycles. The first-order chi connectivity index (χ1) is 12.1. The van der Waals surface area contributed by atoms with Crippen molar-refractivity contribution < 1.29 is 4.79 Å². The van der Waals surface area contributed by atoms with Gasteiger partial charge in [0.25, 0.3) is 5.91 Å². The van der Waals surface area contributed by atoms with Gasteiger partial charge in [-0.1, -0.05) is 0 Å². The molecule has 132 valence electrons. The molecule has 1 aliphatic rings. The molecule has 3 rings (SSSR count). The summed E-state index contributed by atoms with van der Waals surface area (Å²) in [4.78, 5) is 23.3. The summed E-state index contributed by atoms with van der Waals surface area (Å²) >= 11 is 0. The number of amides is 1. The van der Waals surface area contributed by atoms with Gasteiger partial charge in [0.1, 0.15) is 5.82 Å². The lowest BCUT2D eigenvalue weighted by molar-refractivity contribution is 0.0767. The zero-order chi connectivity index (χ0) is 17.8. The Kier molecular flexibility index (Phi) is 5.11. The van der Waals surface area contributed by atoms with E-state index in [0.717, 1.165) is 37.6 Å². The maximum atomic E-state index is 13.0. The van der Waals surface area contributed by atoms with Crippen LogP contribution in [0.15, 0.2) is 30.5 Å². The van der Waals surface area contributed by atoms with Gasteiger partial charge in [0.2, 0.25) is 0 Å². The molecule has 0 aliphatic carbocycles. The topological polar surface area (TPSA) is 65.5 Å². The quantitative estimate of drug-likeness (QED) is 0.846. The maximum Gasteiger partial charge on any atom is 0.257 e. The van der Waals surface area contributed by atoms with Gasteiger partial charge >= 0.3 is 0 Å². The molecule has 0 radical (unpaired) electrons. The lowest BCUT2D eigenvalue weighted by atomic mass is 10.2. The van der Waals surface area contributed by atoms with Crippen LogP contribution in [0.3, 0.4) is 0 Å². The minimum atomic E-state index is 0.0358. The molecule has 0 spiro atoms. The second kappa shape index (κ2) is 7.46. The molecule has 2 aromatic heterocycles. The summed E-state index contributed by atoms with van der Waals surface area (Å²) in [5.74, 6) is 1.61. The lowest BCUT2D eigenvalue weighted by Gasteiger charge is -2.24. The van der Waals surface area contributed by atoms with Crippen molar-refractivity contribution >= 4 is 17.5 Å². The average molecular weight is 340 g/mol. The number of pyridine rings is 1. The highest BCUT2D eigenvalue weighted by Gasteiger charge is 2.23. The predicted molar refractivity (Wildman–Crippen MR) is 98.1 cm³/mol. The lowest BCUT2D eigenvalue weighted by Crippen LogP contribution is -2.36. The van der Waals surface area contributed by atoms with Gasteiger partial charge in [-0.05, 0) is 37.6 Å². The molecular formula is C18H24N6O. The van der Waals surface area contributed by atoms with Crippen LogP contribution < -0.4 is 9.80 Å². The molecule has 0 bridgehead atoms. The highest BCUT2D eigenvalue weighted by atomic mass is 16.2. The molecule has 7 nitrogen and oxygen atoms in total. The van der Waals surface area contributed by atoms with E-state index in [4.69, 9.17) is 0 Å². The van der Waals surface area contributed by atoms with Crippen molar-refractivity contribution in [1.82, 2.24) is 20.1 Å². The summed E-state index contributed by atoms with van der Waals surface area (Å²) in [6.07, 6.45) is 2.62. The van der Waals surface area contributed by atoms with E-state index < -0.39 is 0 Å². The monoisotopic (exact) mass is 340 g/mol. The minimum Gasteiger partial charge on any atom is -0.362 e. The molecule has 1 fully saturated rings. The summed E-state index contributed by atoms with van der Waals surface area (Å²) in [5, 5.41) is 8.40. The van der Waals surface area contributed by atoms with E-state index in [0.29, 0.717) is 17.9 Å². The number of rotatable bonds is 3. The van der Waals surface area contributed by atoms with Gasteiger partial charge < -0.3 is 14.7 Å². The number of hydrogen-bond acceptors (Lipinski definition) is 6. The third-order valence-corrected chi connectivity index (χ3v) is 4.33. The first-order valence-electron chi connectivity index (χ1n) is 8.53. The van der Waals surface area contributed by atoms with E-state index in [-0.39, 0.29) is 5.91 Å². The molecule has 2 aromatic rings. The molecule has 1 amide bonds. The SMILES string of the molecule is Cc1ccc(N2CCCN(C(=O)c3cccnc3N(C)C)CC2)nn1. The third-order valence-electron chi connectivity index (χ3n) is 4.33. The van der Waals surface area contributed by atoms with Crippen LogP contribution in [0.1, 0.15) is 22.5 Å². The van der Waals surface area contributed by atoms with Gasteiger partial charge in [-0.25, -0.2) is 4.98 Å². The number of anilines is 2. The first kappa shape index (κ1) is 17.1. The van der Waals surface area contributed by atoms with Gasteiger partial charge in [0.05, 0.1) is 11.3 Å². The molecule has 0 aromatic carbocycles. The number of hydrogen-bond donors (Lipinski definition) is 0. The van der Waals surface area contributed by atoms with Gasteiger partial charge in [-0.15, -0.1) is 5.10 Å². The van der Waals surface area contributed by atoms with E-state index in [9.17, 15) is 4.79 Å². The second-order valence-electron chi connectivity index (χ2n) is 6.43. The van der Waals surface area contributed by atoms with Gasteiger partial charge in [0, 0.05) is 46.5 Å². The smallest absolute Gasteiger partial charge is 0.257 e. The fraction of sp³-hybridized carbons (Fsp3) is 0.444. The van der Waals surface area contributed by atoms with Crippen molar-refractivity contribution in [2.24, 2.45) is 0 Å². The van der Waals surface area contributed by atoms with Gasteiger partial charge in [-0.2, -0.15) is 5.10 Å². The Morgan fingerprint density at radius 3 is 2.64 bits per heavy atom. The maximum absolute atomic E-state index is 13.0. The van der Waals surface area contributed by atoms with Crippen LogP contribution >= 0.6 is 0 Å². The van der Waals surface area contributed by atoms with Gasteiger partial charge in [-0.3, -0.25) is 4.79 Å². The van der Waals surface area contributed by atoms with E-state index in [1.807, 2.05) is 55.1 Å². The van der Waals surface area contributed by atoms with Crippen molar-refractivity contribution in [1.29, 1.82) is 0 Å². The van der Waals surface area contributed by atoms with Crippen molar-refractivity contribution in [2.45, 2.75) is 13.3 Å². The fourth-order valence-corrected chi connectivity index (χ4v) is 3.00. The Morgan fingerprint density at radius 2 is 1.92 bits per heavy atom. The highest BCUT2D eigenvalue weighted by Crippen LogP contribution is 2.19. The molecule has 0 N–H and O–H groups in total. The second-order valence-corrected chi connectivity index (χ2v) is 6.43. The normalized spacial score (nSPS) is 15.0. The van der Waals surface area contributed by atoms with Crippen LogP contribution in [-0.2, 0) is 0 Å². The van der Waals surface area contributed by atoms with Crippen LogP contribution in [0, 0.1) is 6.92 Å². The summed E-state index contributed by atoms with van der Waals surface area (Å²) in [5.41, 5.74) is 1.55. The van der Waals surface area contributed by atoms with E-state index >= 15 is 0 Å². The van der Waals surface area contributed by atoms with Crippen LogP contribution in [-0.4, -0.2) is 66.3 Å². The number of nitrogens with zero attached hydrogens (tertiary/aromatic N) is 6. The standard InChI is InChI=1S/C18H24N6O/c1-14-7-8-16(21-20-14)23-10-5-11-24(13-12-23)18(25)15-6-4-9-19-17(15)22(2)3/h4,6-9H,5,10-13H2,1-3H3. The Hall–Kier alpha value is -2.70. The summed E-state index contributed by atoms with van der Waals surface area (Å²) in [7, 11) is 3.80. The molecule has 1 saturated heterocycles. The highest BCUT2D eigenvalue weighted by molar-refractivity contribution is 5.98. The molecule has 1 aliphatic heterocycles. The van der Waals surface area contributed by atoms with Crippen molar-refractivity contribution in [3.05, 3.63) is 41.7 Å². The van der Waals surface area contributed by atoms with E-state index in [2.05, 4.69) is 20.1 Å². The number of carbonyl (C=O) groups is 1. The molecule has 0 unspecified atom stereocenters. The Bertz CT molecular complexity index is 731. The van der Waals surface area contributed by atoms with Crippen LogP contribution in [0.5, 0.6) is 0 Å². The molecule has 25 heavy (non-hydrogen) atoms. The van der Waals surface area contributed by atoms with Crippen LogP contribution in [0.2, 0.25) is 0 Å². The van der Waals surface area contributed by atoms with E-state index in [1.165, 1.54) is 0 Å². The summed E-state index contributed by atoms with van der Waals surface area (Å²) in [6, 6.07) is 7.62. The van der Waals surface area contributed by atoms with Gasteiger partial charge in [0.15, 0.2) is 5.82 Å². The Balaban J connectivity index is 1.73. The average Bonchev–Trinajstić information content (AvgIpc) is 2.88. The third kappa shape index (κ3) is 3.87. The Labute approximate surface area is 148 Å². The van der Waals surface area contributed by atoms with Crippen molar-refractivity contribution in [2.75, 3.05) is 50.1 Å². The molecule has 0 saturated carbocycles. The summed E-state index contributed by atoms with van der Waals surface area (Å²) in [6.45, 7) is 4.94. The molecule has 7 heteroatoms. The minimum absolute atomic E-state index is 0.0358. The Morgan fingerprint density at radius 1 is 1.08 bits per heavy atom. The van der Waals surface area contributed by atoms with Crippen molar-refractivity contribution in [3.63, 3.8) is 0 Å². The van der Waals surface area contributed by atoms with Crippen LogP contribution in [0.25, 0.3) is 0 Å². The zero-order valence-electron chi connectivity index (χ0n) is 15.0. The predicted octanol–water partition coefficient (Wildman–Crippen LogP) is 1.60.